The Morgan fingerprint density at radius 2 is 1.78 bits per heavy atom. The Hall–Kier alpha value is -2.86. The minimum absolute atomic E-state index is 0.0464. The Balaban J connectivity index is 1.73. The molecule has 0 spiro atoms. The summed E-state index contributed by atoms with van der Waals surface area (Å²) in [4.78, 5) is 11.2. The maximum absolute atomic E-state index is 10.6. The summed E-state index contributed by atoms with van der Waals surface area (Å²) < 4.78 is 10.8. The molecule has 1 N–H and O–H groups in total. The molecule has 6 nitrogen and oxygen atoms in total. The van der Waals surface area contributed by atoms with Crippen molar-refractivity contribution in [3.05, 3.63) is 54.4 Å². The van der Waals surface area contributed by atoms with E-state index in [2.05, 4.69) is 27.0 Å². The zero-order valence-corrected chi connectivity index (χ0v) is 15.5. The molecular weight excluding hydrogens is 342 g/mol. The minimum atomic E-state index is -0.355. The van der Waals surface area contributed by atoms with Gasteiger partial charge in [-0.15, -0.1) is 0 Å². The van der Waals surface area contributed by atoms with Gasteiger partial charge in [0, 0.05) is 30.5 Å². The molecule has 4 rings (SSSR count). The number of rotatable bonds is 4. The van der Waals surface area contributed by atoms with E-state index in [4.69, 9.17) is 9.47 Å². The number of hydrogen-bond acceptors (Lipinski definition) is 6. The van der Waals surface area contributed by atoms with Crippen LogP contribution in [-0.4, -0.2) is 48.5 Å². The highest BCUT2D eigenvalue weighted by atomic mass is 16.5. The first kappa shape index (κ1) is 17.5. The highest BCUT2D eigenvalue weighted by Crippen LogP contribution is 2.37. The molecule has 1 fully saturated rings. The van der Waals surface area contributed by atoms with Crippen molar-refractivity contribution in [2.45, 2.75) is 18.4 Å². The van der Waals surface area contributed by atoms with E-state index in [1.54, 1.807) is 20.5 Å². The number of ether oxygens (including phenoxy) is 2. The fourth-order valence-corrected chi connectivity index (χ4v) is 3.78. The number of hydrogen-bond donors (Lipinski definition) is 1. The number of methoxy groups -OCH3 is 2. The normalized spacial score (nSPS) is 19.9. The van der Waals surface area contributed by atoms with Crippen molar-refractivity contribution in [2.24, 2.45) is 0 Å². The number of aliphatic hydroxyl groups excluding tert-OH is 1. The smallest absolute Gasteiger partial charge is 0.162 e. The molecular formula is C21H23N3O3. The van der Waals surface area contributed by atoms with Crippen LogP contribution in [0.1, 0.15) is 17.9 Å². The molecule has 2 atom stereocenters. The van der Waals surface area contributed by atoms with E-state index in [1.165, 1.54) is 0 Å². The van der Waals surface area contributed by atoms with E-state index in [1.807, 2.05) is 30.3 Å². The number of anilines is 1. The molecule has 3 aromatic rings. The Kier molecular flexibility index (Phi) is 4.81. The average Bonchev–Trinajstić information content (AvgIpc) is 2.73. The van der Waals surface area contributed by atoms with Crippen LogP contribution in [0.2, 0.25) is 0 Å². The first-order chi connectivity index (χ1) is 13.2. The molecule has 1 aliphatic rings. The van der Waals surface area contributed by atoms with Crippen LogP contribution in [0.5, 0.6) is 11.5 Å². The third kappa shape index (κ3) is 3.28. The Morgan fingerprint density at radius 3 is 2.52 bits per heavy atom. The van der Waals surface area contributed by atoms with Gasteiger partial charge < -0.3 is 19.5 Å². The van der Waals surface area contributed by atoms with Gasteiger partial charge in [0.1, 0.15) is 12.1 Å². The number of benzene rings is 2. The largest absolute Gasteiger partial charge is 0.493 e. The van der Waals surface area contributed by atoms with Crippen molar-refractivity contribution in [3.8, 4) is 11.5 Å². The summed E-state index contributed by atoms with van der Waals surface area (Å²) in [6.07, 6.45) is 1.91. The van der Waals surface area contributed by atoms with Gasteiger partial charge in [0.25, 0.3) is 0 Å². The molecule has 140 valence electrons. The molecule has 6 heteroatoms. The maximum Gasteiger partial charge on any atom is 0.162 e. The van der Waals surface area contributed by atoms with Crippen molar-refractivity contribution in [2.75, 3.05) is 32.2 Å². The zero-order valence-electron chi connectivity index (χ0n) is 15.5. The van der Waals surface area contributed by atoms with E-state index in [0.29, 0.717) is 24.5 Å². The van der Waals surface area contributed by atoms with Crippen LogP contribution in [0, 0.1) is 0 Å². The van der Waals surface area contributed by atoms with Crippen molar-refractivity contribution in [3.63, 3.8) is 0 Å². The third-order valence-corrected chi connectivity index (χ3v) is 5.22. The molecule has 0 aliphatic carbocycles. The van der Waals surface area contributed by atoms with Crippen LogP contribution in [0.15, 0.2) is 48.8 Å². The number of fused-ring (bicyclic) bond motifs is 1. The summed E-state index contributed by atoms with van der Waals surface area (Å²) in [5.41, 5.74) is 1.95. The summed E-state index contributed by atoms with van der Waals surface area (Å²) in [7, 11) is 3.23. The summed E-state index contributed by atoms with van der Waals surface area (Å²) in [6.45, 7) is 1.44. The molecule has 2 aromatic carbocycles. The van der Waals surface area contributed by atoms with Crippen LogP contribution in [-0.2, 0) is 0 Å². The van der Waals surface area contributed by atoms with Gasteiger partial charge in [-0.3, -0.25) is 0 Å². The topological polar surface area (TPSA) is 67.7 Å². The molecule has 1 aromatic heterocycles. The van der Waals surface area contributed by atoms with Crippen LogP contribution >= 0.6 is 0 Å². The molecule has 1 saturated heterocycles. The number of piperidine rings is 1. The molecule has 2 heterocycles. The summed E-state index contributed by atoms with van der Waals surface area (Å²) in [6, 6.07) is 14.0. The minimum Gasteiger partial charge on any atom is -0.493 e. The van der Waals surface area contributed by atoms with E-state index in [9.17, 15) is 5.11 Å². The highest BCUT2D eigenvalue weighted by molar-refractivity contribution is 5.92. The second kappa shape index (κ2) is 7.40. The van der Waals surface area contributed by atoms with Crippen LogP contribution in [0.4, 0.5) is 5.82 Å². The van der Waals surface area contributed by atoms with E-state index in [0.717, 1.165) is 28.8 Å². The second-order valence-corrected chi connectivity index (χ2v) is 6.74. The molecule has 2 unspecified atom stereocenters. The number of aliphatic hydroxyl groups is 1. The van der Waals surface area contributed by atoms with Gasteiger partial charge in [0.05, 0.1) is 25.8 Å². The predicted molar refractivity (Wildman–Crippen MR) is 105 cm³/mol. The standard InChI is InChI=1S/C21H23N3O3/c1-26-19-10-15-17(11-20(19)27-2)22-13-23-21(15)24-9-8-18(25)16(12-24)14-6-4-3-5-7-14/h3-7,10-11,13,16,18,25H,8-9,12H2,1-2H3. The van der Waals surface area contributed by atoms with E-state index in [-0.39, 0.29) is 12.0 Å². The Bertz CT molecular complexity index is 933. The lowest BCUT2D eigenvalue weighted by molar-refractivity contribution is 0.122. The van der Waals surface area contributed by atoms with Gasteiger partial charge in [0.15, 0.2) is 11.5 Å². The summed E-state index contributed by atoms with van der Waals surface area (Å²) in [5, 5.41) is 11.5. The number of aromatic nitrogens is 2. The van der Waals surface area contributed by atoms with Crippen LogP contribution in [0.3, 0.4) is 0 Å². The first-order valence-corrected chi connectivity index (χ1v) is 9.06. The van der Waals surface area contributed by atoms with E-state index < -0.39 is 0 Å². The summed E-state index contributed by atoms with van der Waals surface area (Å²) >= 11 is 0. The lowest BCUT2D eigenvalue weighted by Crippen LogP contribution is -2.42. The fraction of sp³-hybridized carbons (Fsp3) is 0.333. The SMILES string of the molecule is COc1cc2ncnc(N3CCC(O)C(c4ccccc4)C3)c2cc1OC. The van der Waals surface area contributed by atoms with Gasteiger partial charge in [-0.25, -0.2) is 9.97 Å². The van der Waals surface area contributed by atoms with Gasteiger partial charge in [-0.1, -0.05) is 30.3 Å². The second-order valence-electron chi connectivity index (χ2n) is 6.74. The van der Waals surface area contributed by atoms with Gasteiger partial charge in [-0.05, 0) is 18.1 Å². The van der Waals surface area contributed by atoms with Gasteiger partial charge in [-0.2, -0.15) is 0 Å². The zero-order chi connectivity index (χ0) is 18.8. The molecule has 0 radical (unpaired) electrons. The van der Waals surface area contributed by atoms with Gasteiger partial charge >= 0.3 is 0 Å². The molecule has 0 bridgehead atoms. The molecule has 0 amide bonds. The lowest BCUT2D eigenvalue weighted by atomic mass is 9.88. The molecule has 27 heavy (non-hydrogen) atoms. The van der Waals surface area contributed by atoms with Crippen molar-refractivity contribution < 1.29 is 14.6 Å². The Labute approximate surface area is 158 Å². The van der Waals surface area contributed by atoms with Crippen molar-refractivity contribution in [1.82, 2.24) is 9.97 Å². The van der Waals surface area contributed by atoms with E-state index >= 15 is 0 Å². The Morgan fingerprint density at radius 1 is 1.04 bits per heavy atom. The monoisotopic (exact) mass is 365 g/mol. The van der Waals surface area contributed by atoms with Crippen LogP contribution in [0.25, 0.3) is 10.9 Å². The predicted octanol–water partition coefficient (Wildman–Crippen LogP) is 3.00. The summed E-state index contributed by atoms with van der Waals surface area (Å²) in [5.74, 6) is 2.20. The van der Waals surface area contributed by atoms with Crippen molar-refractivity contribution >= 4 is 16.7 Å². The first-order valence-electron chi connectivity index (χ1n) is 9.06. The molecule has 1 aliphatic heterocycles. The lowest BCUT2D eigenvalue weighted by Gasteiger charge is -2.37. The number of nitrogens with zero attached hydrogens (tertiary/aromatic N) is 3. The highest BCUT2D eigenvalue weighted by Gasteiger charge is 2.30. The molecule has 0 saturated carbocycles. The quantitative estimate of drug-likeness (QED) is 0.767. The van der Waals surface area contributed by atoms with Gasteiger partial charge in [0.2, 0.25) is 0 Å². The average molecular weight is 365 g/mol. The van der Waals surface area contributed by atoms with Crippen LogP contribution < -0.4 is 14.4 Å². The third-order valence-electron chi connectivity index (χ3n) is 5.22. The van der Waals surface area contributed by atoms with Crippen molar-refractivity contribution in [1.29, 1.82) is 0 Å². The maximum atomic E-state index is 10.6. The fourth-order valence-electron chi connectivity index (χ4n) is 3.78.